The molecule has 1 aromatic carbocycles. The van der Waals surface area contributed by atoms with E-state index in [9.17, 15) is 21.6 Å². The third kappa shape index (κ3) is 1.54. The van der Waals surface area contributed by atoms with Gasteiger partial charge in [-0.15, -0.1) is 0 Å². The Morgan fingerprint density at radius 2 is 1.81 bits per heavy atom. The van der Waals surface area contributed by atoms with Crippen molar-refractivity contribution in [1.82, 2.24) is 9.19 Å². The molecule has 4 nitrogen and oxygen atoms in total. The highest BCUT2D eigenvalue weighted by Crippen LogP contribution is 2.26. The molecule has 16 heavy (non-hydrogen) atoms. The zero-order chi connectivity index (χ0) is 12.0. The van der Waals surface area contributed by atoms with Gasteiger partial charge in [0.25, 0.3) is 0 Å². The molecule has 1 heterocycles. The lowest BCUT2D eigenvalue weighted by atomic mass is 10.3. The maximum Gasteiger partial charge on any atom is 0.518 e. The van der Waals surface area contributed by atoms with Crippen molar-refractivity contribution in [3.63, 3.8) is 0 Å². The van der Waals surface area contributed by atoms with E-state index >= 15 is 0 Å². The summed E-state index contributed by atoms with van der Waals surface area (Å²) in [6.45, 7) is 0. The molecule has 0 N–H and O–H groups in total. The minimum Gasteiger partial charge on any atom is -0.195 e. The first-order chi connectivity index (χ1) is 7.32. The lowest BCUT2D eigenvalue weighted by Gasteiger charge is -2.06. The second-order valence-electron chi connectivity index (χ2n) is 3.01. The molecule has 1 aromatic heterocycles. The summed E-state index contributed by atoms with van der Waals surface area (Å²) in [4.78, 5) is 0. The number of aromatic nitrogens is 2. The van der Waals surface area contributed by atoms with Gasteiger partial charge in [-0.05, 0) is 6.07 Å². The first-order valence-electron chi connectivity index (χ1n) is 4.08. The Morgan fingerprint density at radius 3 is 2.38 bits per heavy atom. The van der Waals surface area contributed by atoms with Crippen molar-refractivity contribution in [3.8, 4) is 0 Å². The fourth-order valence-corrected chi connectivity index (χ4v) is 1.83. The molecule has 86 valence electrons. The summed E-state index contributed by atoms with van der Waals surface area (Å²) in [5.74, 6) is 0. The highest BCUT2D eigenvalue weighted by Gasteiger charge is 2.48. The third-order valence-corrected chi connectivity index (χ3v) is 3.20. The van der Waals surface area contributed by atoms with E-state index < -0.39 is 15.5 Å². The van der Waals surface area contributed by atoms with E-state index in [2.05, 4.69) is 5.10 Å². The van der Waals surface area contributed by atoms with Crippen LogP contribution >= 0.6 is 0 Å². The fourth-order valence-electron chi connectivity index (χ4n) is 1.17. The summed E-state index contributed by atoms with van der Waals surface area (Å²) >= 11 is 0. The second kappa shape index (κ2) is 3.21. The normalized spacial score (nSPS) is 13.2. The van der Waals surface area contributed by atoms with Crippen LogP contribution in [0.5, 0.6) is 0 Å². The molecule has 0 saturated carbocycles. The van der Waals surface area contributed by atoms with Crippen molar-refractivity contribution in [2.45, 2.75) is 5.51 Å². The van der Waals surface area contributed by atoms with Crippen LogP contribution in [0.2, 0.25) is 0 Å². The van der Waals surface area contributed by atoms with Crippen molar-refractivity contribution in [1.29, 1.82) is 0 Å². The SMILES string of the molecule is O=S(=O)(n1cc2ccccc2n1)C(F)(F)F. The van der Waals surface area contributed by atoms with E-state index in [1.807, 2.05) is 0 Å². The van der Waals surface area contributed by atoms with Crippen LogP contribution in [0.25, 0.3) is 10.9 Å². The number of benzene rings is 1. The van der Waals surface area contributed by atoms with Crippen molar-refractivity contribution in [2.24, 2.45) is 0 Å². The molecular formula is C8H5F3N2O2S. The predicted molar refractivity (Wildman–Crippen MR) is 50.1 cm³/mol. The van der Waals surface area contributed by atoms with Crippen LogP contribution in [0.4, 0.5) is 13.2 Å². The number of nitrogens with zero attached hydrogens (tertiary/aromatic N) is 2. The molecule has 0 bridgehead atoms. The smallest absolute Gasteiger partial charge is 0.195 e. The Morgan fingerprint density at radius 1 is 1.19 bits per heavy atom. The van der Waals surface area contributed by atoms with Crippen LogP contribution in [-0.2, 0) is 10.0 Å². The van der Waals surface area contributed by atoms with Gasteiger partial charge in [-0.25, -0.2) is 0 Å². The molecule has 0 amide bonds. The van der Waals surface area contributed by atoms with Crippen LogP contribution in [0, 0.1) is 0 Å². The van der Waals surface area contributed by atoms with Crippen LogP contribution in [0.1, 0.15) is 0 Å². The number of fused-ring (bicyclic) bond motifs is 1. The molecular weight excluding hydrogens is 245 g/mol. The van der Waals surface area contributed by atoms with Gasteiger partial charge >= 0.3 is 15.5 Å². The molecule has 0 radical (unpaired) electrons. The minimum atomic E-state index is -5.43. The molecule has 8 heteroatoms. The number of alkyl halides is 3. The Bertz CT molecular complexity index is 597. The number of hydrogen-bond acceptors (Lipinski definition) is 3. The van der Waals surface area contributed by atoms with Gasteiger partial charge in [-0.2, -0.15) is 30.8 Å². The van der Waals surface area contributed by atoms with Crippen LogP contribution in [0.3, 0.4) is 0 Å². The molecule has 2 aromatic rings. The molecule has 2 rings (SSSR count). The summed E-state index contributed by atoms with van der Waals surface area (Å²) < 4.78 is 58.5. The first kappa shape index (κ1) is 10.9. The number of halogens is 3. The number of rotatable bonds is 1. The van der Waals surface area contributed by atoms with Crippen molar-refractivity contribution >= 4 is 20.9 Å². The Hall–Kier alpha value is -1.57. The molecule has 0 spiro atoms. The molecule has 0 aliphatic carbocycles. The molecule has 0 aliphatic rings. The quantitative estimate of drug-likeness (QED) is 0.774. The van der Waals surface area contributed by atoms with Crippen molar-refractivity contribution in [2.75, 3.05) is 0 Å². The van der Waals surface area contributed by atoms with E-state index in [1.54, 1.807) is 12.1 Å². The summed E-state index contributed by atoms with van der Waals surface area (Å²) in [5.41, 5.74) is -5.16. The summed E-state index contributed by atoms with van der Waals surface area (Å²) in [7, 11) is -5.43. The first-order valence-corrected chi connectivity index (χ1v) is 5.52. The fraction of sp³-hybridized carbons (Fsp3) is 0.125. The lowest BCUT2D eigenvalue weighted by Crippen LogP contribution is -2.30. The third-order valence-electron chi connectivity index (χ3n) is 1.93. The maximum absolute atomic E-state index is 12.2. The summed E-state index contributed by atoms with van der Waals surface area (Å²) in [6.07, 6.45) is 0.832. The highest BCUT2D eigenvalue weighted by molar-refractivity contribution is 7.90. The zero-order valence-corrected chi connectivity index (χ0v) is 8.46. The van der Waals surface area contributed by atoms with Crippen LogP contribution in [-0.4, -0.2) is 23.1 Å². The van der Waals surface area contributed by atoms with Gasteiger partial charge in [-0.3, -0.25) is 0 Å². The van der Waals surface area contributed by atoms with Gasteiger partial charge in [0.2, 0.25) is 0 Å². The van der Waals surface area contributed by atoms with E-state index in [0.29, 0.717) is 5.39 Å². The van der Waals surface area contributed by atoms with Gasteiger partial charge in [-0.1, -0.05) is 18.2 Å². The van der Waals surface area contributed by atoms with Gasteiger partial charge in [0.15, 0.2) is 0 Å². The Kier molecular flexibility index (Phi) is 2.19. The largest absolute Gasteiger partial charge is 0.518 e. The van der Waals surface area contributed by atoms with Crippen molar-refractivity contribution in [3.05, 3.63) is 30.5 Å². The Balaban J connectivity index is 2.66. The van der Waals surface area contributed by atoms with Gasteiger partial charge in [0, 0.05) is 5.39 Å². The zero-order valence-electron chi connectivity index (χ0n) is 7.64. The number of hydrogen-bond donors (Lipinski definition) is 0. The standard InChI is InChI=1S/C8H5F3N2O2S/c9-8(10,11)16(14,15)13-5-6-3-1-2-4-7(6)12-13/h1-5H. The Labute approximate surface area is 88.3 Å². The van der Waals surface area contributed by atoms with Gasteiger partial charge < -0.3 is 0 Å². The molecule has 0 unspecified atom stereocenters. The molecule has 0 atom stereocenters. The maximum atomic E-state index is 12.2. The lowest BCUT2D eigenvalue weighted by molar-refractivity contribution is -0.0449. The predicted octanol–water partition coefficient (Wildman–Crippen LogP) is 1.73. The van der Waals surface area contributed by atoms with Crippen LogP contribution < -0.4 is 0 Å². The monoisotopic (exact) mass is 250 g/mol. The van der Waals surface area contributed by atoms with Crippen LogP contribution in [0.15, 0.2) is 30.5 Å². The topological polar surface area (TPSA) is 52.0 Å². The summed E-state index contributed by atoms with van der Waals surface area (Å²) in [6, 6.07) is 6.04. The van der Waals surface area contributed by atoms with E-state index in [-0.39, 0.29) is 9.60 Å². The van der Waals surface area contributed by atoms with Crippen molar-refractivity contribution < 1.29 is 21.6 Å². The average molecular weight is 250 g/mol. The summed E-state index contributed by atoms with van der Waals surface area (Å²) in [5, 5.41) is 3.69. The average Bonchev–Trinajstić information content (AvgIpc) is 2.59. The molecule has 0 fully saturated rings. The highest BCUT2D eigenvalue weighted by atomic mass is 32.2. The van der Waals surface area contributed by atoms with Gasteiger partial charge in [0.05, 0.1) is 11.7 Å². The second-order valence-corrected chi connectivity index (χ2v) is 4.80. The molecule has 0 aliphatic heterocycles. The van der Waals surface area contributed by atoms with E-state index in [4.69, 9.17) is 0 Å². The molecule has 0 saturated heterocycles. The van der Waals surface area contributed by atoms with E-state index in [0.717, 1.165) is 6.20 Å². The van der Waals surface area contributed by atoms with E-state index in [1.165, 1.54) is 12.1 Å². The van der Waals surface area contributed by atoms with Gasteiger partial charge in [0.1, 0.15) is 0 Å². The minimum absolute atomic E-state index is 0.0579.